The molecule has 0 bridgehead atoms. The van der Waals surface area contributed by atoms with E-state index < -0.39 is 0 Å². The molecule has 0 aliphatic carbocycles. The van der Waals surface area contributed by atoms with E-state index in [4.69, 9.17) is 0 Å². The molecular formula is C11H16N2. The smallest absolute Gasteiger partial charge is 0.0388 e. The molecule has 1 aromatic carbocycles. The molecule has 70 valence electrons. The van der Waals surface area contributed by atoms with E-state index in [1.165, 1.54) is 24.1 Å². The summed E-state index contributed by atoms with van der Waals surface area (Å²) in [4.78, 5) is 0. The summed E-state index contributed by atoms with van der Waals surface area (Å²) in [5.74, 6) is 0. The first kappa shape index (κ1) is 8.57. The second-order valence-electron chi connectivity index (χ2n) is 3.50. The molecule has 2 nitrogen and oxygen atoms in total. The number of benzene rings is 1. The zero-order valence-electron chi connectivity index (χ0n) is 8.01. The Bertz CT molecular complexity index is 283. The maximum Gasteiger partial charge on any atom is 0.0388 e. The van der Waals surface area contributed by atoms with Gasteiger partial charge in [0.2, 0.25) is 0 Å². The quantitative estimate of drug-likeness (QED) is 0.685. The molecule has 1 heterocycles. The summed E-state index contributed by atoms with van der Waals surface area (Å²) in [6.07, 6.45) is 2.46. The third-order valence-corrected chi connectivity index (χ3v) is 2.67. The van der Waals surface area contributed by atoms with Crippen molar-refractivity contribution in [2.24, 2.45) is 0 Å². The van der Waals surface area contributed by atoms with Crippen LogP contribution < -0.4 is 10.6 Å². The molecule has 1 aromatic rings. The van der Waals surface area contributed by atoms with Gasteiger partial charge in [0.15, 0.2) is 0 Å². The predicted octanol–water partition coefficient (Wildman–Crippen LogP) is 2.15. The number of fused-ring (bicyclic) bond motifs is 1. The van der Waals surface area contributed by atoms with Crippen LogP contribution in [0.2, 0.25) is 0 Å². The van der Waals surface area contributed by atoms with E-state index in [1.807, 2.05) is 7.05 Å². The van der Waals surface area contributed by atoms with E-state index in [0.717, 1.165) is 6.54 Å². The van der Waals surface area contributed by atoms with E-state index in [9.17, 15) is 0 Å². The molecule has 2 heteroatoms. The Hall–Kier alpha value is -1.02. The molecule has 0 aromatic heterocycles. The van der Waals surface area contributed by atoms with E-state index in [2.05, 4.69) is 34.9 Å². The number of hydrogen-bond donors (Lipinski definition) is 2. The highest BCUT2D eigenvalue weighted by molar-refractivity contribution is 5.53. The zero-order chi connectivity index (χ0) is 9.10. The van der Waals surface area contributed by atoms with Gasteiger partial charge in [-0.25, -0.2) is 0 Å². The molecule has 1 unspecified atom stereocenters. The Morgan fingerprint density at radius 2 is 2.23 bits per heavy atom. The summed E-state index contributed by atoms with van der Waals surface area (Å²) < 4.78 is 0. The SMILES string of the molecule is CNC1CCCNc2ccccc21. The first-order valence-corrected chi connectivity index (χ1v) is 4.92. The van der Waals surface area contributed by atoms with Crippen LogP contribution in [0.15, 0.2) is 24.3 Å². The number of hydrogen-bond acceptors (Lipinski definition) is 2. The number of rotatable bonds is 1. The van der Waals surface area contributed by atoms with Gasteiger partial charge in [0, 0.05) is 18.3 Å². The number of anilines is 1. The maximum absolute atomic E-state index is 3.45. The Balaban J connectivity index is 2.35. The Morgan fingerprint density at radius 3 is 3.08 bits per heavy atom. The standard InChI is InChI=1S/C11H16N2/c1-12-10-7-4-8-13-11-6-3-2-5-9(10)11/h2-3,5-6,10,12-13H,4,7-8H2,1H3. The fourth-order valence-corrected chi connectivity index (χ4v) is 1.95. The van der Waals surface area contributed by atoms with Crippen LogP contribution in [0.25, 0.3) is 0 Å². The lowest BCUT2D eigenvalue weighted by atomic mass is 10.0. The monoisotopic (exact) mass is 176 g/mol. The minimum Gasteiger partial charge on any atom is -0.385 e. The molecule has 0 radical (unpaired) electrons. The molecule has 0 amide bonds. The van der Waals surface area contributed by atoms with E-state index >= 15 is 0 Å². The van der Waals surface area contributed by atoms with Crippen molar-refractivity contribution in [3.63, 3.8) is 0 Å². The van der Waals surface area contributed by atoms with Gasteiger partial charge < -0.3 is 10.6 Å². The minimum atomic E-state index is 0.520. The molecule has 2 N–H and O–H groups in total. The molecule has 0 fully saturated rings. The molecule has 1 aliphatic rings. The number of nitrogens with one attached hydrogen (secondary N) is 2. The Morgan fingerprint density at radius 1 is 1.38 bits per heavy atom. The van der Waals surface area contributed by atoms with Crippen LogP contribution in [0.3, 0.4) is 0 Å². The van der Waals surface area contributed by atoms with Crippen molar-refractivity contribution in [3.05, 3.63) is 29.8 Å². The average Bonchev–Trinajstić information content (AvgIpc) is 2.39. The second-order valence-corrected chi connectivity index (χ2v) is 3.50. The normalized spacial score (nSPS) is 21.5. The highest BCUT2D eigenvalue weighted by Crippen LogP contribution is 2.28. The summed E-state index contributed by atoms with van der Waals surface area (Å²) in [5.41, 5.74) is 2.70. The van der Waals surface area contributed by atoms with Gasteiger partial charge >= 0.3 is 0 Å². The highest BCUT2D eigenvalue weighted by Gasteiger charge is 2.15. The minimum absolute atomic E-state index is 0.520. The van der Waals surface area contributed by atoms with Crippen LogP contribution in [-0.2, 0) is 0 Å². The third kappa shape index (κ3) is 1.68. The van der Waals surface area contributed by atoms with Gasteiger partial charge in [-0.05, 0) is 31.5 Å². The van der Waals surface area contributed by atoms with Crippen molar-refractivity contribution in [1.82, 2.24) is 5.32 Å². The van der Waals surface area contributed by atoms with Gasteiger partial charge in [-0.15, -0.1) is 0 Å². The topological polar surface area (TPSA) is 24.1 Å². The molecule has 2 rings (SSSR count). The van der Waals surface area contributed by atoms with Gasteiger partial charge in [-0.2, -0.15) is 0 Å². The van der Waals surface area contributed by atoms with Crippen LogP contribution in [0.1, 0.15) is 24.4 Å². The summed E-state index contributed by atoms with van der Waals surface area (Å²) in [5, 5.41) is 6.81. The molecule has 1 atom stereocenters. The van der Waals surface area contributed by atoms with Crippen molar-refractivity contribution in [2.45, 2.75) is 18.9 Å². The third-order valence-electron chi connectivity index (χ3n) is 2.67. The van der Waals surface area contributed by atoms with Crippen LogP contribution in [0, 0.1) is 0 Å². The lowest BCUT2D eigenvalue weighted by Gasteiger charge is -2.15. The van der Waals surface area contributed by atoms with Gasteiger partial charge in [-0.1, -0.05) is 18.2 Å². The highest BCUT2D eigenvalue weighted by atomic mass is 14.9. The van der Waals surface area contributed by atoms with E-state index in [-0.39, 0.29) is 0 Å². The fourth-order valence-electron chi connectivity index (χ4n) is 1.95. The van der Waals surface area contributed by atoms with Gasteiger partial charge in [-0.3, -0.25) is 0 Å². The van der Waals surface area contributed by atoms with Crippen LogP contribution in [0.4, 0.5) is 5.69 Å². The lowest BCUT2D eigenvalue weighted by Crippen LogP contribution is -2.15. The summed E-state index contributed by atoms with van der Waals surface area (Å²) in [6, 6.07) is 9.08. The number of para-hydroxylation sites is 1. The van der Waals surface area contributed by atoms with Gasteiger partial charge in [0.1, 0.15) is 0 Å². The van der Waals surface area contributed by atoms with Gasteiger partial charge in [0.25, 0.3) is 0 Å². The summed E-state index contributed by atoms with van der Waals surface area (Å²) in [7, 11) is 2.03. The largest absolute Gasteiger partial charge is 0.385 e. The predicted molar refractivity (Wildman–Crippen MR) is 56.0 cm³/mol. The zero-order valence-corrected chi connectivity index (χ0v) is 8.01. The van der Waals surface area contributed by atoms with E-state index in [1.54, 1.807) is 0 Å². The van der Waals surface area contributed by atoms with Crippen molar-refractivity contribution in [1.29, 1.82) is 0 Å². The lowest BCUT2D eigenvalue weighted by molar-refractivity contribution is 0.546. The molecule has 0 spiro atoms. The molecule has 0 saturated heterocycles. The first-order chi connectivity index (χ1) is 6.42. The molecule has 13 heavy (non-hydrogen) atoms. The summed E-state index contributed by atoms with van der Waals surface area (Å²) in [6.45, 7) is 1.09. The average molecular weight is 176 g/mol. The van der Waals surface area contributed by atoms with Crippen LogP contribution >= 0.6 is 0 Å². The van der Waals surface area contributed by atoms with Crippen molar-refractivity contribution in [3.8, 4) is 0 Å². The molecular weight excluding hydrogens is 160 g/mol. The van der Waals surface area contributed by atoms with E-state index in [0.29, 0.717) is 6.04 Å². The summed E-state index contributed by atoms with van der Waals surface area (Å²) >= 11 is 0. The molecule has 0 saturated carbocycles. The molecule has 1 aliphatic heterocycles. The first-order valence-electron chi connectivity index (χ1n) is 4.92. The Kier molecular flexibility index (Phi) is 2.50. The van der Waals surface area contributed by atoms with Crippen molar-refractivity contribution in [2.75, 3.05) is 18.9 Å². The van der Waals surface area contributed by atoms with Gasteiger partial charge in [0.05, 0.1) is 0 Å². The van der Waals surface area contributed by atoms with Crippen LogP contribution in [-0.4, -0.2) is 13.6 Å². The Labute approximate surface area is 79.4 Å². The van der Waals surface area contributed by atoms with Crippen molar-refractivity contribution < 1.29 is 0 Å². The second kappa shape index (κ2) is 3.79. The maximum atomic E-state index is 3.45. The fraction of sp³-hybridized carbons (Fsp3) is 0.455. The van der Waals surface area contributed by atoms with Crippen LogP contribution in [0.5, 0.6) is 0 Å². The van der Waals surface area contributed by atoms with Crippen molar-refractivity contribution >= 4 is 5.69 Å².